The van der Waals surface area contributed by atoms with Crippen LogP contribution in [-0.4, -0.2) is 16.8 Å². The molecular weight excluding hydrogens is 355 g/mol. The van der Waals surface area contributed by atoms with Crippen LogP contribution in [0, 0.1) is 0 Å². The molecule has 25 heavy (non-hydrogen) atoms. The molecule has 0 unspecified atom stereocenters. The van der Waals surface area contributed by atoms with Crippen LogP contribution in [-0.2, 0) is 19.4 Å². The van der Waals surface area contributed by atoms with Gasteiger partial charge in [-0.1, -0.05) is 36.2 Å². The molecule has 0 N–H and O–H groups in total. The Kier molecular flexibility index (Phi) is 5.98. The zero-order valence-corrected chi connectivity index (χ0v) is 15.9. The number of halogens is 2. The minimum absolute atomic E-state index is 0.0951. The average Bonchev–Trinajstić information content (AvgIpc) is 2.61. The number of benzene rings is 1. The minimum atomic E-state index is 0.0951. The van der Waals surface area contributed by atoms with Crippen LogP contribution in [0.1, 0.15) is 43.0 Å². The first kappa shape index (κ1) is 18.2. The molecule has 1 aliphatic rings. The van der Waals surface area contributed by atoms with Crippen LogP contribution < -0.4 is 5.56 Å². The fraction of sp³-hybridized carbons (Fsp3) is 0.400. The van der Waals surface area contributed by atoms with E-state index >= 15 is 0 Å². The van der Waals surface area contributed by atoms with Gasteiger partial charge in [0.2, 0.25) is 0 Å². The third kappa shape index (κ3) is 4.16. The predicted octanol–water partition coefficient (Wildman–Crippen LogP) is 4.93. The summed E-state index contributed by atoms with van der Waals surface area (Å²) in [6.45, 7) is 3.58. The Morgan fingerprint density at radius 1 is 1.12 bits per heavy atom. The summed E-state index contributed by atoms with van der Waals surface area (Å²) >= 11 is 12.0. The Morgan fingerprint density at radius 3 is 2.72 bits per heavy atom. The number of aliphatic imine (C=N–C) groups is 1. The van der Waals surface area contributed by atoms with Crippen LogP contribution in [0.3, 0.4) is 0 Å². The normalized spacial score (nSPS) is 15.4. The van der Waals surface area contributed by atoms with Crippen molar-refractivity contribution in [3.63, 3.8) is 0 Å². The van der Waals surface area contributed by atoms with Crippen molar-refractivity contribution < 1.29 is 0 Å². The Labute approximate surface area is 158 Å². The van der Waals surface area contributed by atoms with Gasteiger partial charge in [-0.15, -0.1) is 0 Å². The maximum Gasteiger partial charge on any atom is 0.250 e. The molecule has 2 aromatic rings. The number of fused-ring (bicyclic) bond motifs is 1. The summed E-state index contributed by atoms with van der Waals surface area (Å²) in [5.74, 6) is 0. The SMILES string of the molecule is CCCn1c2c(ccc1=O)C(=NCCc1ccc(Cl)c(Cl)c1)CCC2. The molecule has 0 fully saturated rings. The summed E-state index contributed by atoms with van der Waals surface area (Å²) in [5, 5.41) is 1.16. The van der Waals surface area contributed by atoms with Crippen molar-refractivity contribution in [3.05, 3.63) is 67.6 Å². The van der Waals surface area contributed by atoms with Crippen molar-refractivity contribution >= 4 is 28.9 Å². The summed E-state index contributed by atoms with van der Waals surface area (Å²) in [6.07, 6.45) is 4.76. The molecule has 3 rings (SSSR count). The van der Waals surface area contributed by atoms with E-state index in [1.165, 1.54) is 0 Å². The smallest absolute Gasteiger partial charge is 0.250 e. The number of aromatic nitrogens is 1. The van der Waals surface area contributed by atoms with Gasteiger partial charge in [0.25, 0.3) is 5.56 Å². The summed E-state index contributed by atoms with van der Waals surface area (Å²) in [7, 11) is 0. The van der Waals surface area contributed by atoms with Gasteiger partial charge in [0.1, 0.15) is 0 Å². The molecule has 0 aliphatic heterocycles. The summed E-state index contributed by atoms with van der Waals surface area (Å²) in [5.41, 5.74) is 4.64. The van der Waals surface area contributed by atoms with Gasteiger partial charge < -0.3 is 4.57 Å². The molecule has 0 saturated heterocycles. The molecule has 1 aromatic carbocycles. The quantitative estimate of drug-likeness (QED) is 0.727. The van der Waals surface area contributed by atoms with Crippen molar-refractivity contribution in [3.8, 4) is 0 Å². The largest absolute Gasteiger partial charge is 0.312 e. The molecule has 0 atom stereocenters. The summed E-state index contributed by atoms with van der Waals surface area (Å²) in [6, 6.07) is 9.33. The second-order valence-corrected chi connectivity index (χ2v) is 7.18. The molecule has 0 saturated carbocycles. The van der Waals surface area contributed by atoms with E-state index in [1.54, 1.807) is 6.07 Å². The monoisotopic (exact) mass is 376 g/mol. The van der Waals surface area contributed by atoms with Crippen LogP contribution in [0.5, 0.6) is 0 Å². The zero-order valence-electron chi connectivity index (χ0n) is 14.4. The minimum Gasteiger partial charge on any atom is -0.312 e. The molecule has 3 nitrogen and oxygen atoms in total. The van der Waals surface area contributed by atoms with Crippen LogP contribution in [0.4, 0.5) is 0 Å². The Morgan fingerprint density at radius 2 is 1.96 bits per heavy atom. The first-order valence-corrected chi connectivity index (χ1v) is 9.56. The lowest BCUT2D eigenvalue weighted by atomic mass is 9.93. The van der Waals surface area contributed by atoms with E-state index in [0.717, 1.165) is 61.2 Å². The third-order valence-corrected chi connectivity index (χ3v) is 5.31. The maximum absolute atomic E-state index is 12.1. The van der Waals surface area contributed by atoms with E-state index in [4.69, 9.17) is 28.2 Å². The fourth-order valence-corrected chi connectivity index (χ4v) is 3.68. The van der Waals surface area contributed by atoms with E-state index in [2.05, 4.69) is 6.92 Å². The van der Waals surface area contributed by atoms with E-state index in [-0.39, 0.29) is 5.56 Å². The van der Waals surface area contributed by atoms with Gasteiger partial charge in [-0.05, 0) is 55.9 Å². The van der Waals surface area contributed by atoms with Gasteiger partial charge in [0, 0.05) is 36.1 Å². The van der Waals surface area contributed by atoms with Gasteiger partial charge in [0.05, 0.1) is 10.0 Å². The van der Waals surface area contributed by atoms with Crippen molar-refractivity contribution in [1.29, 1.82) is 0 Å². The Balaban J connectivity index is 1.80. The number of rotatable bonds is 5. The molecule has 0 spiro atoms. The Bertz CT molecular complexity index is 855. The van der Waals surface area contributed by atoms with E-state index in [1.807, 2.05) is 28.8 Å². The topological polar surface area (TPSA) is 34.4 Å². The lowest BCUT2D eigenvalue weighted by molar-refractivity contribution is 0.602. The molecule has 0 bridgehead atoms. The molecule has 1 aliphatic carbocycles. The maximum atomic E-state index is 12.1. The van der Waals surface area contributed by atoms with Crippen molar-refractivity contribution in [2.45, 2.75) is 45.6 Å². The molecule has 0 radical (unpaired) electrons. The lowest BCUT2D eigenvalue weighted by Crippen LogP contribution is -2.28. The lowest BCUT2D eigenvalue weighted by Gasteiger charge is -2.22. The van der Waals surface area contributed by atoms with Crippen LogP contribution in [0.2, 0.25) is 10.0 Å². The molecular formula is C20H22Cl2N2O. The first-order chi connectivity index (χ1) is 12.1. The van der Waals surface area contributed by atoms with Crippen molar-refractivity contribution in [2.75, 3.05) is 6.54 Å². The van der Waals surface area contributed by atoms with E-state index in [0.29, 0.717) is 16.6 Å². The molecule has 1 heterocycles. The third-order valence-electron chi connectivity index (χ3n) is 4.57. The summed E-state index contributed by atoms with van der Waals surface area (Å²) in [4.78, 5) is 17.0. The second kappa shape index (κ2) is 8.20. The first-order valence-electron chi connectivity index (χ1n) is 8.80. The van der Waals surface area contributed by atoms with E-state index in [9.17, 15) is 4.79 Å². The fourth-order valence-electron chi connectivity index (χ4n) is 3.36. The number of nitrogens with zero attached hydrogens (tertiary/aromatic N) is 2. The van der Waals surface area contributed by atoms with Gasteiger partial charge in [0.15, 0.2) is 0 Å². The van der Waals surface area contributed by atoms with Gasteiger partial charge in [-0.25, -0.2) is 0 Å². The van der Waals surface area contributed by atoms with E-state index < -0.39 is 0 Å². The van der Waals surface area contributed by atoms with Gasteiger partial charge >= 0.3 is 0 Å². The van der Waals surface area contributed by atoms with Crippen LogP contribution in [0.15, 0.2) is 40.1 Å². The summed E-state index contributed by atoms with van der Waals surface area (Å²) < 4.78 is 1.92. The highest BCUT2D eigenvalue weighted by Gasteiger charge is 2.18. The average molecular weight is 377 g/mol. The molecule has 0 amide bonds. The van der Waals surface area contributed by atoms with Crippen molar-refractivity contribution in [2.24, 2.45) is 4.99 Å². The number of hydrogen-bond acceptors (Lipinski definition) is 2. The Hall–Kier alpha value is -1.58. The standard InChI is InChI=1S/C20H22Cl2N2O/c1-2-12-24-19-5-3-4-18(15(19)7-9-20(24)25)23-11-10-14-6-8-16(21)17(22)13-14/h6-9,13H,2-5,10-12H2,1H3. The predicted molar refractivity (Wildman–Crippen MR) is 106 cm³/mol. The van der Waals surface area contributed by atoms with Gasteiger partial charge in [-0.2, -0.15) is 0 Å². The molecule has 1 aromatic heterocycles. The molecule has 5 heteroatoms. The second-order valence-electron chi connectivity index (χ2n) is 6.36. The van der Waals surface area contributed by atoms with Crippen LogP contribution in [0.25, 0.3) is 0 Å². The highest BCUT2D eigenvalue weighted by atomic mass is 35.5. The van der Waals surface area contributed by atoms with Gasteiger partial charge in [-0.3, -0.25) is 9.79 Å². The number of hydrogen-bond donors (Lipinski definition) is 0. The van der Waals surface area contributed by atoms with Crippen LogP contribution >= 0.6 is 23.2 Å². The highest BCUT2D eigenvalue weighted by molar-refractivity contribution is 6.42. The number of pyridine rings is 1. The zero-order chi connectivity index (χ0) is 17.8. The molecule has 132 valence electrons. The highest BCUT2D eigenvalue weighted by Crippen LogP contribution is 2.23. The van der Waals surface area contributed by atoms with Crippen molar-refractivity contribution in [1.82, 2.24) is 4.57 Å².